The second-order valence-corrected chi connectivity index (χ2v) is 6.22. The van der Waals surface area contributed by atoms with E-state index in [0.29, 0.717) is 17.7 Å². The zero-order valence-corrected chi connectivity index (χ0v) is 15.9. The molecule has 26 heavy (non-hydrogen) atoms. The zero-order chi connectivity index (χ0) is 19.7. The number of benzene rings is 1. The Labute approximate surface area is 154 Å². The van der Waals surface area contributed by atoms with Gasteiger partial charge < -0.3 is 19.5 Å². The van der Waals surface area contributed by atoms with Crippen LogP contribution in [0.25, 0.3) is 0 Å². The summed E-state index contributed by atoms with van der Waals surface area (Å²) < 4.78 is 15.2. The molecule has 2 unspecified atom stereocenters. The van der Waals surface area contributed by atoms with Gasteiger partial charge in [0.2, 0.25) is 0 Å². The van der Waals surface area contributed by atoms with Crippen LogP contribution in [0.3, 0.4) is 0 Å². The van der Waals surface area contributed by atoms with E-state index in [4.69, 9.17) is 14.2 Å². The molecule has 0 radical (unpaired) electrons. The topological polar surface area (TPSA) is 90.9 Å². The zero-order valence-electron chi connectivity index (χ0n) is 15.9. The minimum absolute atomic E-state index is 0.0322. The van der Waals surface area contributed by atoms with Gasteiger partial charge in [-0.1, -0.05) is 20.3 Å². The lowest BCUT2D eigenvalue weighted by molar-refractivity contribution is -0.147. The van der Waals surface area contributed by atoms with Gasteiger partial charge in [-0.2, -0.15) is 0 Å². The van der Waals surface area contributed by atoms with Crippen molar-refractivity contribution < 1.29 is 28.6 Å². The van der Waals surface area contributed by atoms with Gasteiger partial charge in [0.05, 0.1) is 18.8 Å². The van der Waals surface area contributed by atoms with E-state index in [1.807, 2.05) is 27.7 Å². The maximum Gasteiger partial charge on any atom is 0.338 e. The van der Waals surface area contributed by atoms with E-state index in [-0.39, 0.29) is 12.0 Å². The highest BCUT2D eigenvalue weighted by molar-refractivity contribution is 5.92. The van der Waals surface area contributed by atoms with Crippen molar-refractivity contribution in [3.63, 3.8) is 0 Å². The molecule has 2 atom stereocenters. The summed E-state index contributed by atoms with van der Waals surface area (Å²) in [6.45, 7) is 7.06. The van der Waals surface area contributed by atoms with E-state index in [0.717, 1.165) is 0 Å². The quantitative estimate of drug-likeness (QED) is 0.676. The lowest BCUT2D eigenvalue weighted by Gasteiger charge is -2.21. The van der Waals surface area contributed by atoms with E-state index in [1.54, 1.807) is 24.3 Å². The molecule has 0 saturated heterocycles. The standard InChI is InChI=1S/C19H27NO6/c1-6-13(4)17(19(23)24-5)20-16(21)11-25-18(22)14-7-9-15(10-8-14)26-12(2)3/h7-10,12-13,17H,6,11H2,1-5H3,(H,20,21). The molecular formula is C19H27NO6. The summed E-state index contributed by atoms with van der Waals surface area (Å²) in [5, 5.41) is 2.55. The molecule has 0 aliphatic carbocycles. The molecular weight excluding hydrogens is 338 g/mol. The molecule has 7 nitrogen and oxygen atoms in total. The highest BCUT2D eigenvalue weighted by atomic mass is 16.5. The molecule has 7 heteroatoms. The Kier molecular flexibility index (Phi) is 8.61. The Balaban J connectivity index is 2.57. The van der Waals surface area contributed by atoms with Crippen LogP contribution >= 0.6 is 0 Å². The van der Waals surface area contributed by atoms with Gasteiger partial charge in [-0.05, 0) is 44.0 Å². The summed E-state index contributed by atoms with van der Waals surface area (Å²) in [4.78, 5) is 35.8. The van der Waals surface area contributed by atoms with Crippen LogP contribution in [0, 0.1) is 5.92 Å². The molecule has 144 valence electrons. The minimum Gasteiger partial charge on any atom is -0.491 e. The van der Waals surface area contributed by atoms with Crippen LogP contribution in [0.5, 0.6) is 5.75 Å². The minimum atomic E-state index is -0.774. The molecule has 1 aromatic carbocycles. The molecule has 0 aliphatic heterocycles. The molecule has 1 N–H and O–H groups in total. The first kappa shape index (κ1) is 21.5. The Morgan fingerprint density at radius 2 is 1.69 bits per heavy atom. The van der Waals surface area contributed by atoms with Crippen molar-refractivity contribution in [2.45, 2.75) is 46.3 Å². The fraction of sp³-hybridized carbons (Fsp3) is 0.526. The van der Waals surface area contributed by atoms with E-state index >= 15 is 0 Å². The Hall–Kier alpha value is -2.57. The second kappa shape index (κ2) is 10.4. The molecule has 0 aliphatic rings. The number of hydrogen-bond donors (Lipinski definition) is 1. The maximum absolute atomic E-state index is 12.0. The normalized spacial score (nSPS) is 12.8. The van der Waals surface area contributed by atoms with Crippen molar-refractivity contribution in [1.82, 2.24) is 5.32 Å². The third-order valence-corrected chi connectivity index (χ3v) is 3.78. The van der Waals surface area contributed by atoms with Gasteiger partial charge in [0.15, 0.2) is 6.61 Å². The molecule has 0 bridgehead atoms. The number of carbonyl (C=O) groups is 3. The van der Waals surface area contributed by atoms with Crippen LogP contribution < -0.4 is 10.1 Å². The molecule has 0 saturated carbocycles. The molecule has 0 spiro atoms. The van der Waals surface area contributed by atoms with Crippen molar-refractivity contribution in [2.24, 2.45) is 5.92 Å². The Morgan fingerprint density at radius 3 is 2.19 bits per heavy atom. The number of rotatable bonds is 9. The van der Waals surface area contributed by atoms with Gasteiger partial charge in [0.1, 0.15) is 11.8 Å². The number of amides is 1. The van der Waals surface area contributed by atoms with Gasteiger partial charge in [-0.15, -0.1) is 0 Å². The van der Waals surface area contributed by atoms with Gasteiger partial charge in [0.25, 0.3) is 5.91 Å². The predicted octanol–water partition coefficient (Wildman–Crippen LogP) is 2.33. The number of nitrogens with one attached hydrogen (secondary N) is 1. The maximum atomic E-state index is 12.0. The third kappa shape index (κ3) is 6.74. The summed E-state index contributed by atoms with van der Waals surface area (Å²) in [7, 11) is 1.26. The van der Waals surface area contributed by atoms with Crippen molar-refractivity contribution >= 4 is 17.8 Å². The smallest absolute Gasteiger partial charge is 0.338 e. The first-order valence-corrected chi connectivity index (χ1v) is 8.59. The van der Waals surface area contributed by atoms with Gasteiger partial charge in [0, 0.05) is 0 Å². The number of ether oxygens (including phenoxy) is 3. The average molecular weight is 365 g/mol. The van der Waals surface area contributed by atoms with Crippen LogP contribution in [-0.2, 0) is 19.1 Å². The highest BCUT2D eigenvalue weighted by Gasteiger charge is 2.27. The number of carbonyl (C=O) groups excluding carboxylic acids is 3. The summed E-state index contributed by atoms with van der Waals surface area (Å²) in [5.41, 5.74) is 0.306. The number of methoxy groups -OCH3 is 1. The van der Waals surface area contributed by atoms with E-state index in [2.05, 4.69) is 5.32 Å². The van der Waals surface area contributed by atoms with Crippen LogP contribution in [0.2, 0.25) is 0 Å². The molecule has 0 heterocycles. The molecule has 0 aromatic heterocycles. The Bertz CT molecular complexity index is 611. The first-order valence-electron chi connectivity index (χ1n) is 8.59. The lowest BCUT2D eigenvalue weighted by atomic mass is 9.99. The van der Waals surface area contributed by atoms with Gasteiger partial charge in [-0.3, -0.25) is 4.79 Å². The van der Waals surface area contributed by atoms with Crippen LogP contribution in [0.4, 0.5) is 0 Å². The van der Waals surface area contributed by atoms with Crippen LogP contribution in [0.15, 0.2) is 24.3 Å². The van der Waals surface area contributed by atoms with Crippen molar-refractivity contribution in [3.8, 4) is 5.75 Å². The van der Waals surface area contributed by atoms with Crippen molar-refractivity contribution in [1.29, 1.82) is 0 Å². The van der Waals surface area contributed by atoms with E-state index in [1.165, 1.54) is 7.11 Å². The monoisotopic (exact) mass is 365 g/mol. The van der Waals surface area contributed by atoms with E-state index < -0.39 is 30.5 Å². The summed E-state index contributed by atoms with van der Waals surface area (Å²) in [6.07, 6.45) is 0.717. The third-order valence-electron chi connectivity index (χ3n) is 3.78. The molecule has 1 aromatic rings. The fourth-order valence-electron chi connectivity index (χ4n) is 2.17. The molecule has 1 amide bonds. The second-order valence-electron chi connectivity index (χ2n) is 6.22. The van der Waals surface area contributed by atoms with Crippen LogP contribution in [0.1, 0.15) is 44.5 Å². The SMILES string of the molecule is CCC(C)C(NC(=O)COC(=O)c1ccc(OC(C)C)cc1)C(=O)OC. The summed E-state index contributed by atoms with van der Waals surface area (Å²) in [5.74, 6) is -1.18. The Morgan fingerprint density at radius 1 is 1.08 bits per heavy atom. The average Bonchev–Trinajstić information content (AvgIpc) is 2.63. The molecule has 0 fully saturated rings. The number of hydrogen-bond acceptors (Lipinski definition) is 6. The van der Waals surface area contributed by atoms with Crippen molar-refractivity contribution in [3.05, 3.63) is 29.8 Å². The van der Waals surface area contributed by atoms with Crippen molar-refractivity contribution in [2.75, 3.05) is 13.7 Å². The summed E-state index contributed by atoms with van der Waals surface area (Å²) >= 11 is 0. The summed E-state index contributed by atoms with van der Waals surface area (Å²) in [6, 6.07) is 5.67. The lowest BCUT2D eigenvalue weighted by Crippen LogP contribution is -2.47. The van der Waals surface area contributed by atoms with E-state index in [9.17, 15) is 14.4 Å². The largest absolute Gasteiger partial charge is 0.491 e. The number of esters is 2. The first-order chi connectivity index (χ1) is 12.3. The predicted molar refractivity (Wildman–Crippen MR) is 95.9 cm³/mol. The van der Waals surface area contributed by atoms with Gasteiger partial charge >= 0.3 is 11.9 Å². The van der Waals surface area contributed by atoms with Gasteiger partial charge in [-0.25, -0.2) is 9.59 Å². The molecule has 1 rings (SSSR count). The fourth-order valence-corrected chi connectivity index (χ4v) is 2.17. The highest BCUT2D eigenvalue weighted by Crippen LogP contribution is 2.14. The van der Waals surface area contributed by atoms with Crippen LogP contribution in [-0.4, -0.2) is 43.7 Å².